The van der Waals surface area contributed by atoms with Gasteiger partial charge >= 0.3 is 5.97 Å². The Labute approximate surface area is 146 Å². The second-order valence-corrected chi connectivity index (χ2v) is 7.79. The van der Waals surface area contributed by atoms with Crippen molar-refractivity contribution < 1.29 is 23.2 Å². The van der Waals surface area contributed by atoms with Crippen molar-refractivity contribution in [2.45, 2.75) is 24.2 Å². The molecule has 1 aromatic rings. The molecule has 1 aliphatic rings. The lowest BCUT2D eigenvalue weighted by molar-refractivity contribution is -0.385. The number of nitro benzene ring substituents is 1. The van der Waals surface area contributed by atoms with Crippen molar-refractivity contribution in [1.82, 2.24) is 9.21 Å². The lowest BCUT2D eigenvalue weighted by Crippen LogP contribution is -2.48. The molecule has 0 spiro atoms. The normalized spacial score (nSPS) is 16.6. The number of piperazine rings is 1. The van der Waals surface area contributed by atoms with Crippen molar-refractivity contribution in [3.05, 3.63) is 34.4 Å². The van der Waals surface area contributed by atoms with E-state index in [0.29, 0.717) is 32.6 Å². The van der Waals surface area contributed by atoms with E-state index in [1.54, 1.807) is 0 Å². The highest BCUT2D eigenvalue weighted by Gasteiger charge is 2.29. The number of unbranched alkanes of at least 4 members (excludes halogenated alkanes) is 1. The maximum Gasteiger partial charge on any atom is 0.303 e. The number of non-ortho nitro benzene ring substituents is 1. The summed E-state index contributed by atoms with van der Waals surface area (Å²) >= 11 is 0. The Kier molecular flexibility index (Phi) is 6.45. The molecule has 0 radical (unpaired) electrons. The maximum absolute atomic E-state index is 12.6. The number of carboxylic acids is 1. The first-order chi connectivity index (χ1) is 11.8. The number of sulfonamides is 1. The SMILES string of the molecule is O=C(O)CCCCN1CCN(S(=O)(=O)c2cccc([N+](=O)[O-])c2)CC1. The number of hydrogen-bond acceptors (Lipinski definition) is 6. The first-order valence-electron chi connectivity index (χ1n) is 7.99. The summed E-state index contributed by atoms with van der Waals surface area (Å²) in [6.07, 6.45) is 1.49. The van der Waals surface area contributed by atoms with Crippen LogP contribution >= 0.6 is 0 Å². The van der Waals surface area contributed by atoms with Crippen LogP contribution in [0.5, 0.6) is 0 Å². The van der Waals surface area contributed by atoms with Gasteiger partial charge in [-0.15, -0.1) is 0 Å². The summed E-state index contributed by atoms with van der Waals surface area (Å²) in [7, 11) is -3.75. The van der Waals surface area contributed by atoms with E-state index in [-0.39, 0.29) is 17.0 Å². The number of nitro groups is 1. The third-order valence-electron chi connectivity index (χ3n) is 4.11. The number of nitrogens with zero attached hydrogens (tertiary/aromatic N) is 3. The van der Waals surface area contributed by atoms with Gasteiger partial charge in [-0.25, -0.2) is 8.42 Å². The maximum atomic E-state index is 12.6. The number of carbonyl (C=O) groups is 1. The van der Waals surface area contributed by atoms with Crippen LogP contribution in [0.4, 0.5) is 5.69 Å². The molecule has 1 fully saturated rings. The van der Waals surface area contributed by atoms with E-state index in [1.807, 2.05) is 0 Å². The molecular weight excluding hydrogens is 350 g/mol. The zero-order valence-corrected chi connectivity index (χ0v) is 14.5. The van der Waals surface area contributed by atoms with Crippen molar-refractivity contribution in [3.8, 4) is 0 Å². The molecule has 0 atom stereocenters. The Morgan fingerprint density at radius 2 is 1.88 bits per heavy atom. The second-order valence-electron chi connectivity index (χ2n) is 5.85. The summed E-state index contributed by atoms with van der Waals surface area (Å²) in [4.78, 5) is 22.7. The minimum atomic E-state index is -3.75. The summed E-state index contributed by atoms with van der Waals surface area (Å²) < 4.78 is 26.6. The van der Waals surface area contributed by atoms with E-state index in [2.05, 4.69) is 4.90 Å². The van der Waals surface area contributed by atoms with Crippen molar-refractivity contribution in [2.75, 3.05) is 32.7 Å². The fraction of sp³-hybridized carbons (Fsp3) is 0.533. The Balaban J connectivity index is 1.92. The van der Waals surface area contributed by atoms with E-state index in [1.165, 1.54) is 22.5 Å². The quantitative estimate of drug-likeness (QED) is 0.413. The summed E-state index contributed by atoms with van der Waals surface area (Å²) in [5.41, 5.74) is -0.252. The molecule has 1 N–H and O–H groups in total. The monoisotopic (exact) mass is 371 g/mol. The highest BCUT2D eigenvalue weighted by molar-refractivity contribution is 7.89. The average Bonchev–Trinajstić information content (AvgIpc) is 2.59. The van der Waals surface area contributed by atoms with Crippen molar-refractivity contribution in [1.29, 1.82) is 0 Å². The standard InChI is InChI=1S/C15H21N3O6S/c19-15(20)6-1-2-7-16-8-10-17(11-9-16)25(23,24)14-5-3-4-13(12-14)18(21)22/h3-5,12H,1-2,6-11H2,(H,19,20). The first kappa shape index (κ1) is 19.3. The molecule has 0 saturated carbocycles. The fourth-order valence-corrected chi connectivity index (χ4v) is 4.17. The lowest BCUT2D eigenvalue weighted by Gasteiger charge is -2.33. The fourth-order valence-electron chi connectivity index (χ4n) is 2.71. The zero-order chi connectivity index (χ0) is 18.4. The summed E-state index contributed by atoms with van der Waals surface area (Å²) in [6.45, 7) is 2.47. The summed E-state index contributed by atoms with van der Waals surface area (Å²) in [6, 6.07) is 5.06. The lowest BCUT2D eigenvalue weighted by atomic mass is 10.2. The highest BCUT2D eigenvalue weighted by Crippen LogP contribution is 2.22. The van der Waals surface area contributed by atoms with E-state index < -0.39 is 20.9 Å². The molecule has 1 heterocycles. The second kappa shape index (κ2) is 8.37. The largest absolute Gasteiger partial charge is 0.481 e. The number of hydrogen-bond donors (Lipinski definition) is 1. The van der Waals surface area contributed by atoms with Gasteiger partial charge in [0.25, 0.3) is 5.69 Å². The number of carboxylic acid groups (broad SMARTS) is 1. The van der Waals surface area contributed by atoms with Crippen LogP contribution in [-0.4, -0.2) is 66.3 Å². The number of benzene rings is 1. The zero-order valence-electron chi connectivity index (χ0n) is 13.7. The van der Waals surface area contributed by atoms with Gasteiger partial charge in [0.2, 0.25) is 10.0 Å². The van der Waals surface area contributed by atoms with E-state index in [0.717, 1.165) is 19.0 Å². The molecule has 0 bridgehead atoms. The van der Waals surface area contributed by atoms with Gasteiger partial charge in [0.05, 0.1) is 9.82 Å². The van der Waals surface area contributed by atoms with Gasteiger partial charge in [-0.1, -0.05) is 6.07 Å². The topological polar surface area (TPSA) is 121 Å². The Bertz CT molecular complexity index is 729. The van der Waals surface area contributed by atoms with Gasteiger partial charge in [-0.3, -0.25) is 14.9 Å². The molecule has 1 saturated heterocycles. The van der Waals surface area contributed by atoms with Crippen LogP contribution in [0.1, 0.15) is 19.3 Å². The molecule has 0 aromatic heterocycles. The van der Waals surface area contributed by atoms with E-state index >= 15 is 0 Å². The molecule has 0 aliphatic carbocycles. The Morgan fingerprint density at radius 3 is 2.48 bits per heavy atom. The molecule has 2 rings (SSSR count). The van der Waals surface area contributed by atoms with Gasteiger partial charge in [0, 0.05) is 44.7 Å². The molecule has 25 heavy (non-hydrogen) atoms. The minimum Gasteiger partial charge on any atom is -0.481 e. The third kappa shape index (κ3) is 5.21. The Hall–Kier alpha value is -2.04. The molecular formula is C15H21N3O6S. The molecule has 10 heteroatoms. The Morgan fingerprint density at radius 1 is 1.20 bits per heavy atom. The van der Waals surface area contributed by atoms with Crippen molar-refractivity contribution in [2.24, 2.45) is 0 Å². The average molecular weight is 371 g/mol. The van der Waals surface area contributed by atoms with Crippen LogP contribution in [0, 0.1) is 10.1 Å². The van der Waals surface area contributed by atoms with Crippen LogP contribution in [0.2, 0.25) is 0 Å². The number of rotatable bonds is 8. The van der Waals surface area contributed by atoms with Crippen LogP contribution < -0.4 is 0 Å². The van der Waals surface area contributed by atoms with Gasteiger partial charge in [-0.05, 0) is 25.5 Å². The van der Waals surface area contributed by atoms with Gasteiger partial charge in [0.1, 0.15) is 0 Å². The summed E-state index contributed by atoms with van der Waals surface area (Å²) in [5.74, 6) is -0.812. The predicted octanol–water partition coefficient (Wildman–Crippen LogP) is 1.16. The van der Waals surface area contributed by atoms with Gasteiger partial charge < -0.3 is 10.0 Å². The molecule has 1 aliphatic heterocycles. The molecule has 0 unspecified atom stereocenters. The van der Waals surface area contributed by atoms with Crippen molar-refractivity contribution >= 4 is 21.7 Å². The first-order valence-corrected chi connectivity index (χ1v) is 9.43. The molecule has 0 amide bonds. The molecule has 138 valence electrons. The predicted molar refractivity (Wildman–Crippen MR) is 89.8 cm³/mol. The van der Waals surface area contributed by atoms with Gasteiger partial charge in [-0.2, -0.15) is 4.31 Å². The van der Waals surface area contributed by atoms with Gasteiger partial charge in [0.15, 0.2) is 0 Å². The van der Waals surface area contributed by atoms with E-state index in [4.69, 9.17) is 5.11 Å². The highest BCUT2D eigenvalue weighted by atomic mass is 32.2. The number of aliphatic carboxylic acids is 1. The van der Waals surface area contributed by atoms with E-state index in [9.17, 15) is 23.3 Å². The third-order valence-corrected chi connectivity index (χ3v) is 6.01. The van der Waals surface area contributed by atoms with Crippen molar-refractivity contribution in [3.63, 3.8) is 0 Å². The van der Waals surface area contributed by atoms with Crippen LogP contribution in [0.25, 0.3) is 0 Å². The smallest absolute Gasteiger partial charge is 0.303 e. The summed E-state index contributed by atoms with van der Waals surface area (Å²) in [5, 5.41) is 19.4. The van der Waals surface area contributed by atoms with Crippen LogP contribution in [0.15, 0.2) is 29.2 Å². The van der Waals surface area contributed by atoms with Crippen LogP contribution in [0.3, 0.4) is 0 Å². The molecule has 1 aromatic carbocycles. The minimum absolute atomic E-state index is 0.0726. The van der Waals surface area contributed by atoms with Crippen LogP contribution in [-0.2, 0) is 14.8 Å². The molecule has 9 nitrogen and oxygen atoms in total.